The van der Waals surface area contributed by atoms with Crippen molar-refractivity contribution in [1.29, 1.82) is 0 Å². The summed E-state index contributed by atoms with van der Waals surface area (Å²) in [6, 6.07) is 2.96. The second-order valence-electron chi connectivity index (χ2n) is 4.47. The van der Waals surface area contributed by atoms with E-state index in [4.69, 9.17) is 11.6 Å². The molecular weight excluding hydrogens is 412 g/mol. The zero-order valence-electron chi connectivity index (χ0n) is 12.0. The zero-order valence-corrected chi connectivity index (χ0v) is 15.2. The second-order valence-corrected chi connectivity index (χ2v) is 7.44. The summed E-state index contributed by atoms with van der Waals surface area (Å²) < 4.78 is 33.6. The van der Waals surface area contributed by atoms with Gasteiger partial charge in [0.1, 0.15) is 5.69 Å². The molecule has 0 aliphatic rings. The maximum Gasteiger partial charge on any atom is 0.330 e. The van der Waals surface area contributed by atoms with Gasteiger partial charge in [-0.3, -0.25) is 4.68 Å². The largest absolute Gasteiger partial charge is 0.468 e. The Morgan fingerprint density at radius 2 is 2.17 bits per heavy atom. The summed E-state index contributed by atoms with van der Waals surface area (Å²) in [4.78, 5) is 11.8. The van der Waals surface area contributed by atoms with Crippen molar-refractivity contribution in [2.75, 3.05) is 7.11 Å². The van der Waals surface area contributed by atoms with Gasteiger partial charge in [-0.1, -0.05) is 16.8 Å². The van der Waals surface area contributed by atoms with E-state index in [2.05, 4.69) is 35.7 Å². The van der Waals surface area contributed by atoms with Crippen molar-refractivity contribution in [3.8, 4) is 0 Å². The number of aryl methyl sites for hydroxylation is 1. The molecule has 11 heteroatoms. The van der Waals surface area contributed by atoms with Crippen molar-refractivity contribution in [2.24, 2.45) is 7.05 Å². The van der Waals surface area contributed by atoms with Crippen LogP contribution in [0.4, 0.5) is 0 Å². The van der Waals surface area contributed by atoms with Gasteiger partial charge in [0.05, 0.1) is 18.2 Å². The molecule has 8 nitrogen and oxygen atoms in total. The van der Waals surface area contributed by atoms with Crippen LogP contribution in [0.3, 0.4) is 0 Å². The average molecular weight is 424 g/mol. The maximum absolute atomic E-state index is 12.6. The summed E-state index contributed by atoms with van der Waals surface area (Å²) in [5.41, 5.74) is 0.112. The Morgan fingerprint density at radius 3 is 2.74 bits per heavy atom. The van der Waals surface area contributed by atoms with E-state index < -0.39 is 22.0 Å². The standard InChI is InChI=1S/C12H12BrClN4O4S/c1-18-6-9(15-17-18)11(12(19)22-2)16-23(20,21)10-5-7(14)3-4-8(10)13/h3-6,11,16H,1-2H3. The molecule has 2 aromatic rings. The Hall–Kier alpha value is -1.49. The summed E-state index contributed by atoms with van der Waals surface area (Å²) in [6.45, 7) is 0. The first kappa shape index (κ1) is 17.9. The van der Waals surface area contributed by atoms with Gasteiger partial charge in [-0.25, -0.2) is 13.2 Å². The number of hydrogen-bond donors (Lipinski definition) is 1. The third-order valence-electron chi connectivity index (χ3n) is 2.81. The second kappa shape index (κ2) is 6.95. The molecule has 0 saturated heterocycles. The molecule has 124 valence electrons. The minimum atomic E-state index is -4.07. The van der Waals surface area contributed by atoms with Crippen LogP contribution in [0.5, 0.6) is 0 Å². The number of esters is 1. The SMILES string of the molecule is COC(=O)C(NS(=O)(=O)c1cc(Cl)ccc1Br)c1cn(C)nn1. The van der Waals surface area contributed by atoms with Crippen LogP contribution in [0, 0.1) is 0 Å². The molecule has 0 amide bonds. The van der Waals surface area contributed by atoms with Gasteiger partial charge in [0.15, 0.2) is 6.04 Å². The minimum Gasteiger partial charge on any atom is -0.468 e. The topological polar surface area (TPSA) is 103 Å². The smallest absolute Gasteiger partial charge is 0.330 e. The molecule has 2 rings (SSSR count). The van der Waals surface area contributed by atoms with Gasteiger partial charge >= 0.3 is 5.97 Å². The van der Waals surface area contributed by atoms with E-state index in [0.29, 0.717) is 4.47 Å². The van der Waals surface area contributed by atoms with Crippen LogP contribution in [0.2, 0.25) is 5.02 Å². The van der Waals surface area contributed by atoms with E-state index in [0.717, 1.165) is 7.11 Å². The molecule has 1 N–H and O–H groups in total. The molecule has 0 spiro atoms. The molecule has 0 aliphatic heterocycles. The lowest BCUT2D eigenvalue weighted by molar-refractivity contribution is -0.142. The fourth-order valence-corrected chi connectivity index (χ4v) is 4.13. The number of hydrogen-bond acceptors (Lipinski definition) is 6. The average Bonchev–Trinajstić information content (AvgIpc) is 2.92. The molecule has 0 bridgehead atoms. The van der Waals surface area contributed by atoms with Crippen LogP contribution in [0.25, 0.3) is 0 Å². The number of carbonyl (C=O) groups excluding carboxylic acids is 1. The summed E-state index contributed by atoms with van der Waals surface area (Å²) in [6.07, 6.45) is 1.41. The summed E-state index contributed by atoms with van der Waals surface area (Å²) in [5.74, 6) is -0.813. The first-order valence-electron chi connectivity index (χ1n) is 6.16. The lowest BCUT2D eigenvalue weighted by atomic mass is 10.2. The highest BCUT2D eigenvalue weighted by Gasteiger charge is 2.31. The van der Waals surface area contributed by atoms with E-state index in [1.165, 1.54) is 29.1 Å². The molecule has 0 aliphatic carbocycles. The molecule has 23 heavy (non-hydrogen) atoms. The molecule has 0 radical (unpaired) electrons. The van der Waals surface area contributed by atoms with Gasteiger partial charge in [-0.15, -0.1) is 5.10 Å². The van der Waals surface area contributed by atoms with Gasteiger partial charge in [0.25, 0.3) is 0 Å². The summed E-state index contributed by atoms with van der Waals surface area (Å²) >= 11 is 8.98. The van der Waals surface area contributed by atoms with E-state index in [-0.39, 0.29) is 15.6 Å². The number of aromatic nitrogens is 3. The third kappa shape index (κ3) is 4.08. The van der Waals surface area contributed by atoms with Crippen LogP contribution in [0.1, 0.15) is 11.7 Å². The Balaban J connectivity index is 2.42. The van der Waals surface area contributed by atoms with E-state index >= 15 is 0 Å². The number of halogens is 2. The number of benzene rings is 1. The predicted molar refractivity (Wildman–Crippen MR) is 85.2 cm³/mol. The molecule has 1 unspecified atom stereocenters. The minimum absolute atomic E-state index is 0.109. The van der Waals surface area contributed by atoms with Gasteiger partial charge in [-0.05, 0) is 34.1 Å². The van der Waals surface area contributed by atoms with Crippen molar-refractivity contribution < 1.29 is 17.9 Å². The zero-order chi connectivity index (χ0) is 17.2. The molecular formula is C12H12BrClN4O4S. The Labute approximate surface area is 146 Å². The summed E-state index contributed by atoms with van der Waals surface area (Å²) in [5, 5.41) is 7.67. The number of nitrogens with zero attached hydrogens (tertiary/aromatic N) is 3. The van der Waals surface area contributed by atoms with Crippen molar-refractivity contribution in [2.45, 2.75) is 10.9 Å². The van der Waals surface area contributed by atoms with Crippen LogP contribution in [-0.2, 0) is 26.6 Å². The quantitative estimate of drug-likeness (QED) is 0.730. The van der Waals surface area contributed by atoms with Crippen LogP contribution in [0.15, 0.2) is 33.8 Å². The Bertz CT molecular complexity index is 839. The molecule has 1 heterocycles. The number of methoxy groups -OCH3 is 1. The Kier molecular flexibility index (Phi) is 5.40. The lowest BCUT2D eigenvalue weighted by Crippen LogP contribution is -2.35. The highest BCUT2D eigenvalue weighted by Crippen LogP contribution is 2.26. The van der Waals surface area contributed by atoms with Crippen LogP contribution >= 0.6 is 27.5 Å². The van der Waals surface area contributed by atoms with Crippen molar-refractivity contribution >= 4 is 43.5 Å². The highest BCUT2D eigenvalue weighted by molar-refractivity contribution is 9.10. The molecule has 1 atom stereocenters. The van der Waals surface area contributed by atoms with Crippen LogP contribution in [-0.4, -0.2) is 36.5 Å². The van der Waals surface area contributed by atoms with Gasteiger partial charge < -0.3 is 4.74 Å². The number of nitrogens with one attached hydrogen (secondary N) is 1. The van der Waals surface area contributed by atoms with E-state index in [1.807, 2.05) is 0 Å². The van der Waals surface area contributed by atoms with E-state index in [9.17, 15) is 13.2 Å². The normalized spacial score (nSPS) is 12.9. The van der Waals surface area contributed by atoms with Gasteiger partial charge in [-0.2, -0.15) is 4.72 Å². The maximum atomic E-state index is 12.6. The Morgan fingerprint density at radius 1 is 1.48 bits per heavy atom. The highest BCUT2D eigenvalue weighted by atomic mass is 79.9. The van der Waals surface area contributed by atoms with Crippen molar-refractivity contribution in [3.05, 3.63) is 39.6 Å². The predicted octanol–water partition coefficient (Wildman–Crippen LogP) is 1.42. The van der Waals surface area contributed by atoms with Crippen molar-refractivity contribution in [3.63, 3.8) is 0 Å². The number of sulfonamides is 1. The molecule has 1 aromatic carbocycles. The number of ether oxygens (including phenoxy) is 1. The van der Waals surface area contributed by atoms with Gasteiger partial charge in [0.2, 0.25) is 10.0 Å². The van der Waals surface area contributed by atoms with Crippen LogP contribution < -0.4 is 4.72 Å². The molecule has 0 fully saturated rings. The van der Waals surface area contributed by atoms with E-state index in [1.54, 1.807) is 7.05 Å². The molecule has 1 aromatic heterocycles. The number of carbonyl (C=O) groups is 1. The molecule has 0 saturated carbocycles. The fourth-order valence-electron chi connectivity index (χ4n) is 1.75. The first-order valence-corrected chi connectivity index (χ1v) is 8.81. The van der Waals surface area contributed by atoms with Crippen molar-refractivity contribution in [1.82, 2.24) is 19.7 Å². The summed E-state index contributed by atoms with van der Waals surface area (Å²) in [7, 11) is -1.33. The first-order chi connectivity index (χ1) is 10.7. The third-order valence-corrected chi connectivity index (χ3v) is 5.46. The van der Waals surface area contributed by atoms with Gasteiger partial charge in [0, 0.05) is 16.5 Å². The fraction of sp³-hybridized carbons (Fsp3) is 0.250. The lowest BCUT2D eigenvalue weighted by Gasteiger charge is -2.15. The number of rotatable bonds is 5. The monoisotopic (exact) mass is 422 g/mol.